The molecular weight excluding hydrogens is 328 g/mol. The fourth-order valence-corrected chi connectivity index (χ4v) is 2.37. The van der Waals surface area contributed by atoms with E-state index in [2.05, 4.69) is 10.4 Å². The Balaban J connectivity index is 1.79. The van der Waals surface area contributed by atoms with Crippen LogP contribution in [-0.2, 0) is 0 Å². The number of para-hydroxylation sites is 1. The van der Waals surface area contributed by atoms with Gasteiger partial charge >= 0.3 is 0 Å². The molecule has 25 heavy (non-hydrogen) atoms. The summed E-state index contributed by atoms with van der Waals surface area (Å²) in [6.07, 6.45) is 1.33. The highest BCUT2D eigenvalue weighted by Crippen LogP contribution is 2.20. The lowest BCUT2D eigenvalue weighted by Crippen LogP contribution is -2.27. The van der Waals surface area contributed by atoms with Crippen LogP contribution in [0.2, 0.25) is 0 Å². The lowest BCUT2D eigenvalue weighted by Gasteiger charge is -2.13. The average molecular weight is 343 g/mol. The van der Waals surface area contributed by atoms with Crippen molar-refractivity contribution in [1.29, 1.82) is 0 Å². The van der Waals surface area contributed by atoms with Crippen LogP contribution in [-0.4, -0.2) is 20.8 Å². The van der Waals surface area contributed by atoms with Crippen molar-refractivity contribution in [3.05, 3.63) is 77.6 Å². The third-order valence-corrected chi connectivity index (χ3v) is 3.72. The van der Waals surface area contributed by atoms with Crippen molar-refractivity contribution in [2.24, 2.45) is 0 Å². The molecule has 2 N–H and O–H groups in total. The SMILES string of the molecule is CC(NC(=O)c1nn(-c2ccccc2)cc1O)c1ccc(F)c(F)c1. The quantitative estimate of drug-likeness (QED) is 0.763. The molecule has 1 atom stereocenters. The van der Waals surface area contributed by atoms with Crippen molar-refractivity contribution < 1.29 is 18.7 Å². The molecule has 0 saturated carbocycles. The van der Waals surface area contributed by atoms with Crippen LogP contribution in [0.4, 0.5) is 8.78 Å². The first kappa shape index (κ1) is 16.6. The van der Waals surface area contributed by atoms with E-state index >= 15 is 0 Å². The zero-order valence-corrected chi connectivity index (χ0v) is 13.3. The molecule has 0 fully saturated rings. The summed E-state index contributed by atoms with van der Waals surface area (Å²) in [7, 11) is 0. The maximum absolute atomic E-state index is 13.3. The van der Waals surface area contributed by atoms with E-state index in [0.29, 0.717) is 11.3 Å². The summed E-state index contributed by atoms with van der Waals surface area (Å²) in [6, 6.07) is 11.8. The molecule has 0 aliphatic carbocycles. The number of hydrogen-bond acceptors (Lipinski definition) is 3. The predicted octanol–water partition coefficient (Wildman–Crippen LogP) is 3.35. The number of hydrogen-bond donors (Lipinski definition) is 2. The number of rotatable bonds is 4. The molecule has 0 aliphatic rings. The summed E-state index contributed by atoms with van der Waals surface area (Å²) in [5, 5.41) is 16.7. The molecule has 0 saturated heterocycles. The second-order valence-corrected chi connectivity index (χ2v) is 5.51. The van der Waals surface area contributed by atoms with Crippen LogP contribution in [0.3, 0.4) is 0 Å². The first-order chi connectivity index (χ1) is 12.0. The van der Waals surface area contributed by atoms with Gasteiger partial charge in [-0.05, 0) is 36.8 Å². The Morgan fingerprint density at radius 3 is 2.56 bits per heavy atom. The molecule has 3 rings (SSSR count). The number of aromatic nitrogens is 2. The van der Waals surface area contributed by atoms with Gasteiger partial charge < -0.3 is 10.4 Å². The Labute approximate surface area is 142 Å². The second kappa shape index (κ2) is 6.72. The number of amides is 1. The molecule has 0 radical (unpaired) electrons. The third kappa shape index (κ3) is 3.50. The fraction of sp³-hybridized carbons (Fsp3) is 0.111. The standard InChI is InChI=1S/C18H15F2N3O2/c1-11(12-7-8-14(19)15(20)9-12)21-18(25)17-16(24)10-23(22-17)13-5-3-2-4-6-13/h2-11,24H,1H3,(H,21,25). The summed E-state index contributed by atoms with van der Waals surface area (Å²) >= 11 is 0. The van der Waals surface area contributed by atoms with E-state index in [1.54, 1.807) is 31.2 Å². The number of carbonyl (C=O) groups is 1. The summed E-state index contributed by atoms with van der Waals surface area (Å²) in [5.74, 6) is -2.85. The first-order valence-electron chi connectivity index (χ1n) is 7.55. The lowest BCUT2D eigenvalue weighted by atomic mass is 10.1. The van der Waals surface area contributed by atoms with E-state index in [1.807, 2.05) is 6.07 Å². The topological polar surface area (TPSA) is 67.2 Å². The average Bonchev–Trinajstić information content (AvgIpc) is 3.00. The van der Waals surface area contributed by atoms with Crippen LogP contribution in [0.25, 0.3) is 5.69 Å². The van der Waals surface area contributed by atoms with Gasteiger partial charge in [-0.15, -0.1) is 0 Å². The van der Waals surface area contributed by atoms with Crippen LogP contribution >= 0.6 is 0 Å². The van der Waals surface area contributed by atoms with Crippen LogP contribution in [0, 0.1) is 11.6 Å². The Kier molecular flexibility index (Phi) is 4.47. The van der Waals surface area contributed by atoms with Gasteiger partial charge in [-0.25, -0.2) is 13.5 Å². The Morgan fingerprint density at radius 1 is 1.16 bits per heavy atom. The van der Waals surface area contributed by atoms with E-state index in [1.165, 1.54) is 16.9 Å². The molecule has 0 spiro atoms. The minimum absolute atomic E-state index is 0.154. The van der Waals surface area contributed by atoms with E-state index in [0.717, 1.165) is 12.1 Å². The summed E-state index contributed by atoms with van der Waals surface area (Å²) < 4.78 is 27.7. The lowest BCUT2D eigenvalue weighted by molar-refractivity contribution is 0.0931. The van der Waals surface area contributed by atoms with Gasteiger partial charge in [-0.2, -0.15) is 5.10 Å². The van der Waals surface area contributed by atoms with Crippen LogP contribution in [0.15, 0.2) is 54.7 Å². The highest BCUT2D eigenvalue weighted by Gasteiger charge is 2.20. The molecule has 1 amide bonds. The molecule has 3 aromatic rings. The second-order valence-electron chi connectivity index (χ2n) is 5.51. The molecule has 1 aromatic heterocycles. The molecular formula is C18H15F2N3O2. The summed E-state index contributed by atoms with van der Waals surface area (Å²) in [6.45, 7) is 1.62. The van der Waals surface area contributed by atoms with Crippen molar-refractivity contribution in [2.45, 2.75) is 13.0 Å². The number of carbonyl (C=O) groups excluding carboxylic acids is 1. The third-order valence-electron chi connectivity index (χ3n) is 3.72. The zero-order chi connectivity index (χ0) is 18.0. The van der Waals surface area contributed by atoms with E-state index < -0.39 is 23.6 Å². The van der Waals surface area contributed by atoms with Gasteiger partial charge in [0.1, 0.15) is 0 Å². The normalized spacial score (nSPS) is 12.0. The van der Waals surface area contributed by atoms with E-state index in [4.69, 9.17) is 0 Å². The summed E-state index contributed by atoms with van der Waals surface area (Å²) in [5.41, 5.74) is 0.929. The van der Waals surface area contributed by atoms with Crippen molar-refractivity contribution in [1.82, 2.24) is 15.1 Å². The van der Waals surface area contributed by atoms with Gasteiger partial charge in [0.05, 0.1) is 17.9 Å². The summed E-state index contributed by atoms with van der Waals surface area (Å²) in [4.78, 5) is 12.3. The molecule has 7 heteroatoms. The smallest absolute Gasteiger partial charge is 0.276 e. The number of nitrogens with zero attached hydrogens (tertiary/aromatic N) is 2. The van der Waals surface area contributed by atoms with E-state index in [-0.39, 0.29) is 11.4 Å². The van der Waals surface area contributed by atoms with Gasteiger partial charge in [0.15, 0.2) is 23.1 Å². The minimum Gasteiger partial charge on any atom is -0.504 e. The maximum atomic E-state index is 13.3. The monoisotopic (exact) mass is 343 g/mol. The molecule has 0 aliphatic heterocycles. The van der Waals surface area contributed by atoms with Gasteiger partial charge in [0, 0.05) is 0 Å². The van der Waals surface area contributed by atoms with Crippen molar-refractivity contribution in [2.75, 3.05) is 0 Å². The fourth-order valence-electron chi connectivity index (χ4n) is 2.37. The molecule has 0 bridgehead atoms. The van der Waals surface area contributed by atoms with Crippen molar-refractivity contribution >= 4 is 5.91 Å². The number of nitrogens with one attached hydrogen (secondary N) is 1. The Morgan fingerprint density at radius 2 is 1.88 bits per heavy atom. The molecule has 5 nitrogen and oxygen atoms in total. The van der Waals surface area contributed by atoms with Crippen LogP contribution in [0.5, 0.6) is 5.75 Å². The van der Waals surface area contributed by atoms with Crippen LogP contribution in [0.1, 0.15) is 29.0 Å². The molecule has 128 valence electrons. The number of aromatic hydroxyl groups is 1. The van der Waals surface area contributed by atoms with Crippen molar-refractivity contribution in [3.8, 4) is 11.4 Å². The number of halogens is 2. The number of benzene rings is 2. The Bertz CT molecular complexity index is 910. The molecule has 1 heterocycles. The van der Waals surface area contributed by atoms with Crippen molar-refractivity contribution in [3.63, 3.8) is 0 Å². The highest BCUT2D eigenvalue weighted by atomic mass is 19.2. The minimum atomic E-state index is -0.991. The zero-order valence-electron chi connectivity index (χ0n) is 13.3. The molecule has 1 unspecified atom stereocenters. The first-order valence-corrected chi connectivity index (χ1v) is 7.55. The van der Waals surface area contributed by atoms with Gasteiger partial charge in [0.2, 0.25) is 0 Å². The largest absolute Gasteiger partial charge is 0.504 e. The van der Waals surface area contributed by atoms with Crippen LogP contribution < -0.4 is 5.32 Å². The van der Waals surface area contributed by atoms with Gasteiger partial charge in [-0.1, -0.05) is 24.3 Å². The highest BCUT2D eigenvalue weighted by molar-refractivity contribution is 5.95. The molecule has 2 aromatic carbocycles. The van der Waals surface area contributed by atoms with Gasteiger partial charge in [-0.3, -0.25) is 4.79 Å². The van der Waals surface area contributed by atoms with E-state index in [9.17, 15) is 18.7 Å². The maximum Gasteiger partial charge on any atom is 0.276 e. The predicted molar refractivity (Wildman–Crippen MR) is 87.5 cm³/mol. The Hall–Kier alpha value is -3.22. The van der Waals surface area contributed by atoms with Gasteiger partial charge in [0.25, 0.3) is 5.91 Å².